The van der Waals surface area contributed by atoms with E-state index in [1.165, 1.54) is 0 Å². The number of carboxylic acids is 1. The Morgan fingerprint density at radius 1 is 1.50 bits per heavy atom. The Labute approximate surface area is 130 Å². The van der Waals surface area contributed by atoms with E-state index in [2.05, 4.69) is 15.9 Å². The first kappa shape index (κ1) is 15.3. The van der Waals surface area contributed by atoms with Crippen LogP contribution >= 0.6 is 27.5 Å². The van der Waals surface area contributed by atoms with Crippen LogP contribution in [0.15, 0.2) is 16.6 Å². The van der Waals surface area contributed by atoms with E-state index in [4.69, 9.17) is 16.7 Å². The summed E-state index contributed by atoms with van der Waals surface area (Å²) in [5.74, 6) is -1.02. The van der Waals surface area contributed by atoms with Crippen LogP contribution in [0.3, 0.4) is 0 Å². The molecule has 0 spiro atoms. The van der Waals surface area contributed by atoms with Crippen LogP contribution in [-0.2, 0) is 4.79 Å². The monoisotopic (exact) mass is 359 g/mol. The Morgan fingerprint density at radius 2 is 2.20 bits per heavy atom. The molecular formula is C14H15BrClNO3. The molecule has 6 heteroatoms. The molecule has 1 aliphatic heterocycles. The van der Waals surface area contributed by atoms with Crippen LogP contribution in [0.1, 0.15) is 35.2 Å². The smallest absolute Gasteiger partial charge is 0.305 e. The number of aryl methyl sites for hydroxylation is 1. The molecule has 1 atom stereocenters. The Morgan fingerprint density at radius 3 is 2.80 bits per heavy atom. The molecule has 108 valence electrons. The lowest BCUT2D eigenvalue weighted by atomic mass is 10.1. The van der Waals surface area contributed by atoms with E-state index in [-0.39, 0.29) is 18.4 Å². The van der Waals surface area contributed by atoms with Crippen LogP contribution in [-0.4, -0.2) is 34.5 Å². The van der Waals surface area contributed by atoms with Gasteiger partial charge in [-0.3, -0.25) is 9.59 Å². The van der Waals surface area contributed by atoms with E-state index < -0.39 is 5.97 Å². The number of aliphatic carboxylic acids is 1. The molecule has 0 radical (unpaired) electrons. The topological polar surface area (TPSA) is 57.6 Å². The second-order valence-electron chi connectivity index (χ2n) is 4.98. The minimum absolute atomic E-state index is 0.00498. The molecule has 20 heavy (non-hydrogen) atoms. The van der Waals surface area contributed by atoms with Gasteiger partial charge in [0.15, 0.2) is 0 Å². The van der Waals surface area contributed by atoms with Gasteiger partial charge in [0.2, 0.25) is 0 Å². The van der Waals surface area contributed by atoms with Crippen molar-refractivity contribution in [1.29, 1.82) is 0 Å². The zero-order valence-electron chi connectivity index (χ0n) is 11.0. The Balaban J connectivity index is 2.24. The SMILES string of the molecule is Cc1cc(C(=O)N2CCCC2CC(=O)O)cc(Cl)c1Br. The molecule has 0 aliphatic carbocycles. The highest BCUT2D eigenvalue weighted by molar-refractivity contribution is 9.10. The summed E-state index contributed by atoms with van der Waals surface area (Å²) in [6.07, 6.45) is 1.57. The average molecular weight is 361 g/mol. The molecule has 1 aromatic rings. The van der Waals surface area contributed by atoms with Gasteiger partial charge in [-0.25, -0.2) is 0 Å². The van der Waals surface area contributed by atoms with Crippen molar-refractivity contribution in [3.05, 3.63) is 32.8 Å². The highest BCUT2D eigenvalue weighted by atomic mass is 79.9. The summed E-state index contributed by atoms with van der Waals surface area (Å²) in [7, 11) is 0. The van der Waals surface area contributed by atoms with Crippen LogP contribution in [0.4, 0.5) is 0 Å². The number of hydrogen-bond acceptors (Lipinski definition) is 2. The zero-order valence-corrected chi connectivity index (χ0v) is 13.4. The quantitative estimate of drug-likeness (QED) is 0.897. The van der Waals surface area contributed by atoms with Crippen LogP contribution in [0.5, 0.6) is 0 Å². The van der Waals surface area contributed by atoms with Crippen LogP contribution < -0.4 is 0 Å². The number of likely N-dealkylation sites (tertiary alicyclic amines) is 1. The fourth-order valence-electron chi connectivity index (χ4n) is 2.53. The molecule has 0 aromatic heterocycles. The van der Waals surface area contributed by atoms with Gasteiger partial charge in [0.1, 0.15) is 0 Å². The van der Waals surface area contributed by atoms with Crippen molar-refractivity contribution >= 4 is 39.4 Å². The molecular weight excluding hydrogens is 346 g/mol. The van der Waals surface area contributed by atoms with E-state index in [0.29, 0.717) is 17.1 Å². The molecule has 1 aromatic carbocycles. The van der Waals surface area contributed by atoms with Crippen molar-refractivity contribution in [2.75, 3.05) is 6.54 Å². The number of benzene rings is 1. The maximum atomic E-state index is 12.5. The summed E-state index contributed by atoms with van der Waals surface area (Å²) in [5, 5.41) is 9.39. The summed E-state index contributed by atoms with van der Waals surface area (Å²) in [6, 6.07) is 3.17. The molecule has 1 aliphatic rings. The minimum Gasteiger partial charge on any atom is -0.481 e. The first-order chi connectivity index (χ1) is 9.40. The summed E-state index contributed by atoms with van der Waals surface area (Å²) in [4.78, 5) is 25.0. The van der Waals surface area contributed by atoms with Gasteiger partial charge in [0.05, 0.1) is 11.4 Å². The molecule has 1 unspecified atom stereocenters. The summed E-state index contributed by atoms with van der Waals surface area (Å²) in [6.45, 7) is 2.47. The van der Waals surface area contributed by atoms with Gasteiger partial charge in [0, 0.05) is 22.6 Å². The number of halogens is 2. The molecule has 4 nitrogen and oxygen atoms in total. The van der Waals surface area contributed by atoms with Crippen LogP contribution in [0.25, 0.3) is 0 Å². The third-order valence-corrected chi connectivity index (χ3v) is 5.08. The molecule has 1 saturated heterocycles. The lowest BCUT2D eigenvalue weighted by Gasteiger charge is -2.24. The number of nitrogens with zero attached hydrogens (tertiary/aromatic N) is 1. The third kappa shape index (κ3) is 3.15. The Kier molecular flexibility index (Phi) is 4.70. The Hall–Kier alpha value is -1.07. The Bertz CT molecular complexity index is 538. The zero-order chi connectivity index (χ0) is 14.9. The van der Waals surface area contributed by atoms with Crippen molar-refractivity contribution < 1.29 is 14.7 Å². The summed E-state index contributed by atoms with van der Waals surface area (Å²) < 4.78 is 0.777. The van der Waals surface area contributed by atoms with Gasteiger partial charge in [0.25, 0.3) is 5.91 Å². The predicted octanol–water partition coefficient (Wildman–Crippen LogP) is 3.49. The molecule has 1 fully saturated rings. The van der Waals surface area contributed by atoms with E-state index >= 15 is 0 Å². The highest BCUT2D eigenvalue weighted by Crippen LogP contribution is 2.29. The number of carboxylic acid groups (broad SMARTS) is 1. The number of hydrogen-bond donors (Lipinski definition) is 1. The normalized spacial score (nSPS) is 18.4. The molecule has 1 amide bonds. The van der Waals surface area contributed by atoms with E-state index in [1.54, 1.807) is 17.0 Å². The van der Waals surface area contributed by atoms with Crippen LogP contribution in [0, 0.1) is 6.92 Å². The average Bonchev–Trinajstić information content (AvgIpc) is 2.81. The first-order valence-corrected chi connectivity index (χ1v) is 7.55. The maximum absolute atomic E-state index is 12.5. The van der Waals surface area contributed by atoms with Gasteiger partial charge in [-0.15, -0.1) is 0 Å². The van der Waals surface area contributed by atoms with Gasteiger partial charge < -0.3 is 10.0 Å². The van der Waals surface area contributed by atoms with Crippen molar-refractivity contribution in [3.63, 3.8) is 0 Å². The third-order valence-electron chi connectivity index (χ3n) is 3.51. The second-order valence-corrected chi connectivity index (χ2v) is 6.18. The minimum atomic E-state index is -0.875. The lowest BCUT2D eigenvalue weighted by Crippen LogP contribution is -2.36. The summed E-state index contributed by atoms with van der Waals surface area (Å²) in [5.41, 5.74) is 1.39. The van der Waals surface area contributed by atoms with Crippen molar-refractivity contribution in [3.8, 4) is 0 Å². The van der Waals surface area contributed by atoms with Crippen molar-refractivity contribution in [2.24, 2.45) is 0 Å². The van der Waals surface area contributed by atoms with Gasteiger partial charge in [-0.2, -0.15) is 0 Å². The molecule has 0 saturated carbocycles. The standard InChI is InChI=1S/C14H15BrClNO3/c1-8-5-9(6-11(16)13(8)15)14(20)17-4-2-3-10(17)7-12(18)19/h5-6,10H,2-4,7H2,1H3,(H,18,19). The number of carbonyl (C=O) groups is 2. The maximum Gasteiger partial charge on any atom is 0.305 e. The van der Waals surface area contributed by atoms with E-state index in [1.807, 2.05) is 6.92 Å². The van der Waals surface area contributed by atoms with Crippen LogP contribution in [0.2, 0.25) is 5.02 Å². The predicted molar refractivity (Wildman–Crippen MR) is 80.2 cm³/mol. The molecule has 2 rings (SSSR count). The van der Waals surface area contributed by atoms with E-state index in [0.717, 1.165) is 22.9 Å². The van der Waals surface area contributed by atoms with Crippen molar-refractivity contribution in [1.82, 2.24) is 4.90 Å². The van der Waals surface area contributed by atoms with Crippen molar-refractivity contribution in [2.45, 2.75) is 32.2 Å². The molecule has 0 bridgehead atoms. The molecule has 1 N–H and O–H groups in total. The lowest BCUT2D eigenvalue weighted by molar-refractivity contribution is -0.137. The second kappa shape index (κ2) is 6.14. The largest absolute Gasteiger partial charge is 0.481 e. The highest BCUT2D eigenvalue weighted by Gasteiger charge is 2.31. The van der Waals surface area contributed by atoms with Gasteiger partial charge in [-0.1, -0.05) is 11.6 Å². The fourth-order valence-corrected chi connectivity index (χ4v) is 3.03. The summed E-state index contributed by atoms with van der Waals surface area (Å²) >= 11 is 9.43. The van der Waals surface area contributed by atoms with Gasteiger partial charge in [-0.05, 0) is 53.4 Å². The molecule has 1 heterocycles. The number of rotatable bonds is 3. The fraction of sp³-hybridized carbons (Fsp3) is 0.429. The van der Waals surface area contributed by atoms with Gasteiger partial charge >= 0.3 is 5.97 Å². The first-order valence-electron chi connectivity index (χ1n) is 6.38. The number of carbonyl (C=O) groups excluding carboxylic acids is 1. The van der Waals surface area contributed by atoms with E-state index in [9.17, 15) is 9.59 Å². The number of amides is 1.